The molecule has 32 heavy (non-hydrogen) atoms. The fourth-order valence-corrected chi connectivity index (χ4v) is 4.96. The average molecular weight is 456 g/mol. The number of anilines is 1. The Balaban J connectivity index is 1.28. The van der Waals surface area contributed by atoms with Crippen molar-refractivity contribution in [2.75, 3.05) is 31.3 Å². The van der Waals surface area contributed by atoms with E-state index in [0.29, 0.717) is 18.6 Å². The Morgan fingerprint density at radius 2 is 2.12 bits per heavy atom. The zero-order chi connectivity index (χ0) is 22.5. The monoisotopic (exact) mass is 455 g/mol. The van der Waals surface area contributed by atoms with Gasteiger partial charge < -0.3 is 25.4 Å². The maximum absolute atomic E-state index is 12.9. The fourth-order valence-electron chi connectivity index (χ4n) is 4.30. The summed E-state index contributed by atoms with van der Waals surface area (Å²) in [5.74, 6) is 0.489. The van der Waals surface area contributed by atoms with Crippen LogP contribution in [0.15, 0.2) is 47.4 Å². The molecule has 3 N–H and O–H groups in total. The normalized spacial score (nSPS) is 19.6. The number of nitrogens with one attached hydrogen (secondary N) is 2. The highest BCUT2D eigenvalue weighted by atomic mass is 32.2. The number of carbonyl (C=O) groups is 2. The number of amides is 2. The minimum Gasteiger partial charge on any atom is -0.487 e. The molecule has 0 bridgehead atoms. The van der Waals surface area contributed by atoms with Gasteiger partial charge in [-0.1, -0.05) is 24.3 Å². The van der Waals surface area contributed by atoms with E-state index in [1.807, 2.05) is 35.2 Å². The number of rotatable bonds is 7. The van der Waals surface area contributed by atoms with Crippen molar-refractivity contribution in [1.82, 2.24) is 10.2 Å². The quantitative estimate of drug-likeness (QED) is 0.556. The van der Waals surface area contributed by atoms with Crippen molar-refractivity contribution in [2.24, 2.45) is 0 Å². The van der Waals surface area contributed by atoms with Gasteiger partial charge in [0.1, 0.15) is 12.4 Å². The second-order valence-corrected chi connectivity index (χ2v) is 8.91. The van der Waals surface area contributed by atoms with Crippen molar-refractivity contribution in [3.8, 4) is 5.75 Å². The summed E-state index contributed by atoms with van der Waals surface area (Å²) in [5.41, 5.74) is 2.90. The highest BCUT2D eigenvalue weighted by Crippen LogP contribution is 2.36. The number of aliphatic hydroxyl groups excluding tert-OH is 1. The zero-order valence-electron chi connectivity index (χ0n) is 18.2. The van der Waals surface area contributed by atoms with Crippen LogP contribution in [0.3, 0.4) is 0 Å². The van der Waals surface area contributed by atoms with Crippen molar-refractivity contribution in [2.45, 2.75) is 42.8 Å². The van der Waals surface area contributed by atoms with Crippen molar-refractivity contribution in [3.05, 3.63) is 53.6 Å². The Morgan fingerprint density at radius 1 is 1.28 bits per heavy atom. The minimum atomic E-state index is -0.707. The molecule has 1 fully saturated rings. The molecule has 0 aromatic heterocycles. The first kappa shape index (κ1) is 22.5. The van der Waals surface area contributed by atoms with Gasteiger partial charge in [-0.15, -0.1) is 11.8 Å². The van der Waals surface area contributed by atoms with Crippen LogP contribution in [0.4, 0.5) is 5.69 Å². The third-order valence-corrected chi connectivity index (χ3v) is 6.73. The van der Waals surface area contributed by atoms with Crippen LogP contribution < -0.4 is 15.4 Å². The molecule has 2 aromatic carbocycles. The van der Waals surface area contributed by atoms with Crippen LogP contribution in [0.1, 0.15) is 36.4 Å². The topological polar surface area (TPSA) is 90.9 Å². The number of thioether (sulfide) groups is 1. The predicted octanol–water partition coefficient (Wildman–Crippen LogP) is 2.94. The number of likely N-dealkylation sites (tertiary alicyclic amines) is 1. The molecule has 0 unspecified atom stereocenters. The van der Waals surface area contributed by atoms with Gasteiger partial charge in [0.25, 0.3) is 0 Å². The van der Waals surface area contributed by atoms with Crippen LogP contribution in [0.5, 0.6) is 5.75 Å². The van der Waals surface area contributed by atoms with E-state index in [1.54, 1.807) is 11.8 Å². The molecule has 4 rings (SSSR count). The molecule has 0 spiro atoms. The molecule has 2 aliphatic rings. The molecule has 2 amide bonds. The SMILES string of the molecule is CSc1ccccc1[C@H]1CCCN1C(=O)CNC(=O)CCc1ccc2c(c1)OC[C@@H](O)N2. The van der Waals surface area contributed by atoms with Gasteiger partial charge in [-0.2, -0.15) is 0 Å². The molecule has 2 aromatic rings. The molecule has 1 saturated heterocycles. The lowest BCUT2D eigenvalue weighted by Gasteiger charge is -2.26. The molecule has 8 heteroatoms. The zero-order valence-corrected chi connectivity index (χ0v) is 19.0. The predicted molar refractivity (Wildman–Crippen MR) is 125 cm³/mol. The van der Waals surface area contributed by atoms with Gasteiger partial charge in [0.2, 0.25) is 11.8 Å². The number of carbonyl (C=O) groups excluding carboxylic acids is 2. The number of fused-ring (bicyclic) bond motifs is 1. The van der Waals surface area contributed by atoms with E-state index < -0.39 is 6.23 Å². The molecular formula is C24H29N3O4S. The van der Waals surface area contributed by atoms with E-state index in [0.717, 1.165) is 30.6 Å². The van der Waals surface area contributed by atoms with E-state index in [9.17, 15) is 14.7 Å². The van der Waals surface area contributed by atoms with Crippen LogP contribution in [-0.4, -0.2) is 54.0 Å². The number of aliphatic hydroxyl groups is 1. The largest absolute Gasteiger partial charge is 0.487 e. The van der Waals surface area contributed by atoms with Gasteiger partial charge >= 0.3 is 0 Å². The highest BCUT2D eigenvalue weighted by Gasteiger charge is 2.31. The van der Waals surface area contributed by atoms with Crippen molar-refractivity contribution in [1.29, 1.82) is 0 Å². The summed E-state index contributed by atoms with van der Waals surface area (Å²) >= 11 is 1.69. The smallest absolute Gasteiger partial charge is 0.242 e. The molecule has 0 aliphatic carbocycles. The van der Waals surface area contributed by atoms with Crippen molar-refractivity contribution >= 4 is 29.3 Å². The lowest BCUT2D eigenvalue weighted by atomic mass is 10.0. The summed E-state index contributed by atoms with van der Waals surface area (Å²) in [7, 11) is 0. The molecular weight excluding hydrogens is 426 g/mol. The van der Waals surface area contributed by atoms with E-state index >= 15 is 0 Å². The van der Waals surface area contributed by atoms with Crippen molar-refractivity contribution < 1.29 is 19.4 Å². The molecule has 2 atom stereocenters. The number of hydrogen-bond donors (Lipinski definition) is 3. The first-order valence-corrected chi connectivity index (χ1v) is 12.2. The van der Waals surface area contributed by atoms with Crippen LogP contribution in [0, 0.1) is 0 Å². The molecule has 0 saturated carbocycles. The minimum absolute atomic E-state index is 0.0197. The Bertz CT molecular complexity index is 983. The number of hydrogen-bond acceptors (Lipinski definition) is 6. The molecule has 7 nitrogen and oxygen atoms in total. The van der Waals surface area contributed by atoms with E-state index in [4.69, 9.17) is 4.74 Å². The second kappa shape index (κ2) is 10.3. The third kappa shape index (κ3) is 5.19. The average Bonchev–Trinajstić information content (AvgIpc) is 3.31. The van der Waals surface area contributed by atoms with E-state index in [2.05, 4.69) is 29.0 Å². The number of ether oxygens (including phenoxy) is 1. The summed E-state index contributed by atoms with van der Waals surface area (Å²) < 4.78 is 5.52. The van der Waals surface area contributed by atoms with Crippen LogP contribution in [0.2, 0.25) is 0 Å². The van der Waals surface area contributed by atoms with Gasteiger partial charge in [0, 0.05) is 17.9 Å². The van der Waals surface area contributed by atoms with Crippen LogP contribution in [-0.2, 0) is 16.0 Å². The first-order chi connectivity index (χ1) is 15.5. The van der Waals surface area contributed by atoms with E-state index in [-0.39, 0.29) is 31.0 Å². The maximum Gasteiger partial charge on any atom is 0.242 e. The standard InChI is InChI=1S/C24H29N3O4S/c1-32-21-7-3-2-5-17(21)19-6-4-12-27(19)24(30)14-25-22(28)11-9-16-8-10-18-20(13-16)31-15-23(29)26-18/h2-3,5,7-8,10,13,19,23,26,29H,4,6,9,11-12,14-15H2,1H3,(H,25,28)/t19-,23-/m1/s1. The first-order valence-electron chi connectivity index (χ1n) is 10.9. The van der Waals surface area contributed by atoms with E-state index in [1.165, 1.54) is 10.5 Å². The maximum atomic E-state index is 12.9. The summed E-state index contributed by atoms with van der Waals surface area (Å²) in [6, 6.07) is 13.9. The van der Waals surface area contributed by atoms with Gasteiger partial charge in [-0.25, -0.2) is 0 Å². The van der Waals surface area contributed by atoms with Gasteiger partial charge in [-0.3, -0.25) is 9.59 Å². The summed E-state index contributed by atoms with van der Waals surface area (Å²) in [6.07, 6.45) is 4.10. The third-order valence-electron chi connectivity index (χ3n) is 5.91. The lowest BCUT2D eigenvalue weighted by molar-refractivity contribution is -0.133. The lowest BCUT2D eigenvalue weighted by Crippen LogP contribution is -2.40. The fraction of sp³-hybridized carbons (Fsp3) is 0.417. The van der Waals surface area contributed by atoms with Gasteiger partial charge in [-0.05, 0) is 54.8 Å². The van der Waals surface area contributed by atoms with Gasteiger partial charge in [0.15, 0.2) is 6.23 Å². The number of aryl methyl sites for hydroxylation is 1. The van der Waals surface area contributed by atoms with Gasteiger partial charge in [0.05, 0.1) is 18.3 Å². The Labute approximate surface area is 192 Å². The number of benzene rings is 2. The van der Waals surface area contributed by atoms with Crippen LogP contribution in [0.25, 0.3) is 0 Å². The summed E-state index contributed by atoms with van der Waals surface area (Å²) in [4.78, 5) is 28.3. The molecule has 2 aliphatic heterocycles. The number of nitrogens with zero attached hydrogens (tertiary/aromatic N) is 1. The van der Waals surface area contributed by atoms with Crippen LogP contribution >= 0.6 is 11.8 Å². The molecule has 170 valence electrons. The van der Waals surface area contributed by atoms with Crippen molar-refractivity contribution in [3.63, 3.8) is 0 Å². The Kier molecular flexibility index (Phi) is 7.22. The Morgan fingerprint density at radius 3 is 2.97 bits per heavy atom. The second-order valence-electron chi connectivity index (χ2n) is 8.07. The molecule has 2 heterocycles. The molecule has 0 radical (unpaired) electrons. The summed E-state index contributed by atoms with van der Waals surface area (Å²) in [5, 5.41) is 15.3. The Hall–Kier alpha value is -2.71. The highest BCUT2D eigenvalue weighted by molar-refractivity contribution is 7.98. The summed E-state index contributed by atoms with van der Waals surface area (Å²) in [6.45, 7) is 0.934.